The van der Waals surface area contributed by atoms with Gasteiger partial charge in [0.15, 0.2) is 0 Å². The number of nitrogens with one attached hydrogen (secondary N) is 1. The van der Waals surface area contributed by atoms with Gasteiger partial charge in [0.25, 0.3) is 0 Å². The van der Waals surface area contributed by atoms with Crippen molar-refractivity contribution in [2.24, 2.45) is 5.92 Å². The molecule has 24 heavy (non-hydrogen) atoms. The first-order chi connectivity index (χ1) is 11.6. The molecule has 1 unspecified atom stereocenters. The van der Waals surface area contributed by atoms with Gasteiger partial charge in [0.2, 0.25) is 11.8 Å². The molecule has 1 aromatic rings. The van der Waals surface area contributed by atoms with Crippen molar-refractivity contribution in [2.45, 2.75) is 44.6 Å². The third-order valence-electron chi connectivity index (χ3n) is 4.89. The van der Waals surface area contributed by atoms with Crippen LogP contribution in [0.4, 0.5) is 5.69 Å². The smallest absolute Gasteiger partial charge is 0.227 e. The molecule has 1 aliphatic carbocycles. The molecule has 0 spiro atoms. The molecule has 3 rings (SSSR count). The van der Waals surface area contributed by atoms with E-state index in [9.17, 15) is 9.59 Å². The summed E-state index contributed by atoms with van der Waals surface area (Å²) in [5, 5.41) is 3.58. The van der Waals surface area contributed by atoms with Crippen molar-refractivity contribution in [3.63, 3.8) is 0 Å². The molecule has 1 aliphatic heterocycles. The van der Waals surface area contributed by atoms with Crippen LogP contribution in [0.25, 0.3) is 0 Å². The lowest BCUT2D eigenvalue weighted by atomic mass is 9.95. The third-order valence-corrected chi connectivity index (χ3v) is 5.19. The molecule has 2 aliphatic rings. The Labute approximate surface area is 147 Å². The predicted molar refractivity (Wildman–Crippen MR) is 93.5 cm³/mol. The Bertz CT molecular complexity index is 629. The van der Waals surface area contributed by atoms with E-state index in [4.69, 9.17) is 16.3 Å². The molecular weight excluding hydrogens is 328 g/mol. The number of halogens is 1. The topological polar surface area (TPSA) is 58.6 Å². The van der Waals surface area contributed by atoms with Gasteiger partial charge in [0.1, 0.15) is 5.75 Å². The number of carbonyl (C=O) groups excluding carboxylic acids is 2. The lowest BCUT2D eigenvalue weighted by molar-refractivity contribution is -0.127. The summed E-state index contributed by atoms with van der Waals surface area (Å²) < 4.78 is 5.13. The number of hydrogen-bond donors (Lipinski definition) is 1. The van der Waals surface area contributed by atoms with E-state index in [2.05, 4.69) is 5.32 Å². The lowest BCUT2D eigenvalue weighted by Gasteiger charge is -2.24. The second-order valence-electron chi connectivity index (χ2n) is 6.57. The molecule has 1 saturated heterocycles. The number of hydrogen-bond acceptors (Lipinski definition) is 3. The van der Waals surface area contributed by atoms with Crippen molar-refractivity contribution in [3.05, 3.63) is 23.2 Å². The first kappa shape index (κ1) is 17.1. The van der Waals surface area contributed by atoms with E-state index >= 15 is 0 Å². The summed E-state index contributed by atoms with van der Waals surface area (Å²) in [5.74, 6) is 0.233. The van der Waals surface area contributed by atoms with E-state index < -0.39 is 0 Å². The zero-order valence-electron chi connectivity index (χ0n) is 13.9. The van der Waals surface area contributed by atoms with Crippen molar-refractivity contribution >= 4 is 29.1 Å². The van der Waals surface area contributed by atoms with Crippen molar-refractivity contribution in [1.29, 1.82) is 0 Å². The summed E-state index contributed by atoms with van der Waals surface area (Å²) in [7, 11) is 1.55. The highest BCUT2D eigenvalue weighted by Crippen LogP contribution is 2.32. The minimum Gasteiger partial charge on any atom is -0.495 e. The predicted octanol–water partition coefficient (Wildman–Crippen LogP) is 3.15. The normalized spacial score (nSPS) is 21.8. The maximum Gasteiger partial charge on any atom is 0.227 e. The van der Waals surface area contributed by atoms with Crippen LogP contribution in [0, 0.1) is 5.92 Å². The molecule has 2 amide bonds. The summed E-state index contributed by atoms with van der Waals surface area (Å²) in [6.07, 6.45) is 5.94. The highest BCUT2D eigenvalue weighted by atomic mass is 35.5. The van der Waals surface area contributed by atoms with Crippen molar-refractivity contribution < 1.29 is 14.3 Å². The van der Waals surface area contributed by atoms with Gasteiger partial charge < -0.3 is 15.0 Å². The van der Waals surface area contributed by atoms with E-state index in [0.29, 0.717) is 23.0 Å². The van der Waals surface area contributed by atoms with Gasteiger partial charge >= 0.3 is 0 Å². The first-order valence-corrected chi connectivity index (χ1v) is 8.90. The quantitative estimate of drug-likeness (QED) is 0.907. The van der Waals surface area contributed by atoms with Crippen LogP contribution in [0.1, 0.15) is 38.5 Å². The molecule has 1 atom stereocenters. The number of nitrogens with zero attached hydrogens (tertiary/aromatic N) is 1. The van der Waals surface area contributed by atoms with E-state index in [1.54, 1.807) is 30.2 Å². The fourth-order valence-corrected chi connectivity index (χ4v) is 3.77. The fraction of sp³-hybridized carbons (Fsp3) is 0.556. The molecule has 130 valence electrons. The van der Waals surface area contributed by atoms with Gasteiger partial charge in [-0.2, -0.15) is 0 Å². The van der Waals surface area contributed by atoms with Crippen LogP contribution in [-0.4, -0.2) is 31.5 Å². The highest BCUT2D eigenvalue weighted by molar-refractivity contribution is 6.32. The van der Waals surface area contributed by atoms with Gasteiger partial charge in [0, 0.05) is 24.7 Å². The summed E-state index contributed by atoms with van der Waals surface area (Å²) in [6, 6.07) is 5.51. The Kier molecular flexibility index (Phi) is 5.29. The van der Waals surface area contributed by atoms with Gasteiger partial charge in [-0.1, -0.05) is 30.9 Å². The van der Waals surface area contributed by atoms with Crippen molar-refractivity contribution in [1.82, 2.24) is 5.32 Å². The number of anilines is 1. The molecule has 1 saturated carbocycles. The van der Waals surface area contributed by atoms with Crippen LogP contribution in [-0.2, 0) is 9.59 Å². The monoisotopic (exact) mass is 350 g/mol. The standard InChI is InChI=1S/C18H23ClN2O3/c1-24-16-8-7-14(10-15(16)19)21-11-12(9-17(21)22)18(23)20-13-5-3-2-4-6-13/h7-8,10,12-13H,2-6,9,11H2,1H3,(H,20,23). The van der Waals surface area contributed by atoms with Gasteiger partial charge in [-0.25, -0.2) is 0 Å². The average molecular weight is 351 g/mol. The zero-order chi connectivity index (χ0) is 17.1. The molecule has 1 aromatic carbocycles. The largest absolute Gasteiger partial charge is 0.495 e. The Balaban J connectivity index is 1.64. The van der Waals surface area contributed by atoms with Crippen LogP contribution >= 0.6 is 11.6 Å². The average Bonchev–Trinajstić information content (AvgIpc) is 2.98. The van der Waals surface area contributed by atoms with E-state index in [-0.39, 0.29) is 30.2 Å². The molecule has 0 aromatic heterocycles. The number of rotatable bonds is 4. The van der Waals surface area contributed by atoms with Gasteiger partial charge in [-0.15, -0.1) is 0 Å². The van der Waals surface area contributed by atoms with Gasteiger partial charge in [0.05, 0.1) is 18.1 Å². The second-order valence-corrected chi connectivity index (χ2v) is 6.97. The fourth-order valence-electron chi connectivity index (χ4n) is 3.52. The molecule has 0 radical (unpaired) electrons. The Morgan fingerprint density at radius 2 is 2.04 bits per heavy atom. The van der Waals surface area contributed by atoms with Crippen LogP contribution in [0.2, 0.25) is 5.02 Å². The first-order valence-electron chi connectivity index (χ1n) is 8.52. The Morgan fingerprint density at radius 3 is 2.71 bits per heavy atom. The zero-order valence-corrected chi connectivity index (χ0v) is 14.6. The number of benzene rings is 1. The minimum atomic E-state index is -0.291. The van der Waals surface area contributed by atoms with E-state index in [1.165, 1.54) is 19.3 Å². The van der Waals surface area contributed by atoms with E-state index in [1.807, 2.05) is 0 Å². The van der Waals surface area contributed by atoms with Crippen molar-refractivity contribution in [2.75, 3.05) is 18.6 Å². The lowest BCUT2D eigenvalue weighted by Crippen LogP contribution is -2.40. The maximum absolute atomic E-state index is 12.5. The maximum atomic E-state index is 12.5. The molecule has 6 heteroatoms. The summed E-state index contributed by atoms with van der Waals surface area (Å²) in [6.45, 7) is 0.403. The number of carbonyl (C=O) groups is 2. The second kappa shape index (κ2) is 7.43. The van der Waals surface area contributed by atoms with Crippen LogP contribution in [0.3, 0.4) is 0 Å². The summed E-state index contributed by atoms with van der Waals surface area (Å²) in [4.78, 5) is 26.4. The minimum absolute atomic E-state index is 0.00245. The molecule has 1 N–H and O–H groups in total. The van der Waals surface area contributed by atoms with Crippen LogP contribution in [0.5, 0.6) is 5.75 Å². The Hall–Kier alpha value is -1.75. The van der Waals surface area contributed by atoms with Crippen LogP contribution in [0.15, 0.2) is 18.2 Å². The van der Waals surface area contributed by atoms with Crippen LogP contribution < -0.4 is 15.0 Å². The van der Waals surface area contributed by atoms with Gasteiger partial charge in [-0.05, 0) is 31.0 Å². The van der Waals surface area contributed by atoms with Crippen molar-refractivity contribution in [3.8, 4) is 5.75 Å². The summed E-state index contributed by atoms with van der Waals surface area (Å²) >= 11 is 6.14. The molecule has 5 nitrogen and oxygen atoms in total. The molecule has 0 bridgehead atoms. The molecular formula is C18H23ClN2O3. The highest BCUT2D eigenvalue weighted by Gasteiger charge is 2.36. The molecule has 1 heterocycles. The number of amides is 2. The van der Waals surface area contributed by atoms with Gasteiger partial charge in [-0.3, -0.25) is 9.59 Å². The number of ether oxygens (including phenoxy) is 1. The SMILES string of the molecule is COc1ccc(N2CC(C(=O)NC3CCCCC3)CC2=O)cc1Cl. The Morgan fingerprint density at radius 1 is 1.29 bits per heavy atom. The third kappa shape index (κ3) is 3.66. The number of methoxy groups -OCH3 is 1. The van der Waals surface area contributed by atoms with E-state index in [0.717, 1.165) is 12.8 Å². The molecule has 2 fully saturated rings. The summed E-state index contributed by atoms with van der Waals surface area (Å²) in [5.41, 5.74) is 0.707.